The SMILES string of the molecule is Fc1ccc(OCCNc2nc3ccccc3s2)cc1. The van der Waals surface area contributed by atoms with Crippen LogP contribution in [0.4, 0.5) is 9.52 Å². The number of anilines is 1. The van der Waals surface area contributed by atoms with Crippen molar-refractivity contribution in [3.8, 4) is 5.75 Å². The van der Waals surface area contributed by atoms with Crippen molar-refractivity contribution in [3.05, 3.63) is 54.3 Å². The first kappa shape index (κ1) is 12.9. The van der Waals surface area contributed by atoms with Crippen LogP contribution in [0.1, 0.15) is 0 Å². The Hall–Kier alpha value is -2.14. The van der Waals surface area contributed by atoms with Gasteiger partial charge in [0, 0.05) is 0 Å². The summed E-state index contributed by atoms with van der Waals surface area (Å²) in [5.74, 6) is 0.405. The minimum Gasteiger partial charge on any atom is -0.492 e. The smallest absolute Gasteiger partial charge is 0.183 e. The maximum Gasteiger partial charge on any atom is 0.183 e. The van der Waals surface area contributed by atoms with Gasteiger partial charge in [-0.2, -0.15) is 0 Å². The van der Waals surface area contributed by atoms with Gasteiger partial charge < -0.3 is 10.1 Å². The molecule has 0 aliphatic rings. The Bertz CT molecular complexity index is 663. The van der Waals surface area contributed by atoms with Crippen molar-refractivity contribution < 1.29 is 9.13 Å². The zero-order valence-corrected chi connectivity index (χ0v) is 11.5. The van der Waals surface area contributed by atoms with E-state index < -0.39 is 0 Å². The molecule has 0 amide bonds. The highest BCUT2D eigenvalue weighted by molar-refractivity contribution is 7.22. The lowest BCUT2D eigenvalue weighted by atomic mass is 10.3. The molecular formula is C15H13FN2OS. The number of nitrogens with one attached hydrogen (secondary N) is 1. The van der Waals surface area contributed by atoms with E-state index in [2.05, 4.69) is 10.3 Å². The van der Waals surface area contributed by atoms with Crippen LogP contribution in [0.25, 0.3) is 10.2 Å². The van der Waals surface area contributed by atoms with Gasteiger partial charge in [-0.3, -0.25) is 0 Å². The molecule has 0 aliphatic carbocycles. The van der Waals surface area contributed by atoms with Crippen molar-refractivity contribution in [2.45, 2.75) is 0 Å². The molecule has 20 heavy (non-hydrogen) atoms. The summed E-state index contributed by atoms with van der Waals surface area (Å²) in [5, 5.41) is 4.11. The molecule has 3 rings (SSSR count). The van der Waals surface area contributed by atoms with Gasteiger partial charge in [-0.1, -0.05) is 23.5 Å². The lowest BCUT2D eigenvalue weighted by molar-refractivity contribution is 0.332. The summed E-state index contributed by atoms with van der Waals surface area (Å²) >= 11 is 1.62. The summed E-state index contributed by atoms with van der Waals surface area (Å²) < 4.78 is 19.4. The Labute approximate surface area is 120 Å². The van der Waals surface area contributed by atoms with Gasteiger partial charge in [0.25, 0.3) is 0 Å². The maximum absolute atomic E-state index is 12.7. The van der Waals surface area contributed by atoms with Crippen molar-refractivity contribution in [2.24, 2.45) is 0 Å². The molecule has 1 heterocycles. The topological polar surface area (TPSA) is 34.1 Å². The van der Waals surface area contributed by atoms with E-state index in [4.69, 9.17) is 4.74 Å². The van der Waals surface area contributed by atoms with Crippen LogP contribution in [0, 0.1) is 5.82 Å². The van der Waals surface area contributed by atoms with Gasteiger partial charge in [-0.15, -0.1) is 0 Å². The largest absolute Gasteiger partial charge is 0.492 e. The number of halogens is 1. The van der Waals surface area contributed by atoms with E-state index in [9.17, 15) is 4.39 Å². The second-order valence-corrected chi connectivity index (χ2v) is 5.25. The van der Waals surface area contributed by atoms with Crippen LogP contribution in [0.2, 0.25) is 0 Å². The number of nitrogens with zero attached hydrogens (tertiary/aromatic N) is 1. The third kappa shape index (κ3) is 3.05. The highest BCUT2D eigenvalue weighted by Crippen LogP contribution is 2.25. The van der Waals surface area contributed by atoms with E-state index in [1.165, 1.54) is 12.1 Å². The third-order valence-corrected chi connectivity index (χ3v) is 3.75. The van der Waals surface area contributed by atoms with E-state index in [1.807, 2.05) is 24.3 Å². The molecular weight excluding hydrogens is 275 g/mol. The van der Waals surface area contributed by atoms with Gasteiger partial charge in [0.05, 0.1) is 16.8 Å². The van der Waals surface area contributed by atoms with E-state index in [-0.39, 0.29) is 5.82 Å². The van der Waals surface area contributed by atoms with E-state index in [1.54, 1.807) is 23.5 Å². The maximum atomic E-state index is 12.7. The Morgan fingerprint density at radius 1 is 1.10 bits per heavy atom. The first-order valence-corrected chi connectivity index (χ1v) is 7.11. The molecule has 3 aromatic rings. The number of thiazole rings is 1. The van der Waals surface area contributed by atoms with Crippen molar-refractivity contribution in [3.63, 3.8) is 0 Å². The molecule has 0 bridgehead atoms. The average molecular weight is 288 g/mol. The predicted molar refractivity (Wildman–Crippen MR) is 80.0 cm³/mol. The normalized spacial score (nSPS) is 10.7. The number of aromatic nitrogens is 1. The highest BCUT2D eigenvalue weighted by Gasteiger charge is 2.02. The molecule has 0 aliphatic heterocycles. The number of hydrogen-bond acceptors (Lipinski definition) is 4. The van der Waals surface area contributed by atoms with Crippen LogP contribution >= 0.6 is 11.3 Å². The van der Waals surface area contributed by atoms with Gasteiger partial charge in [0.2, 0.25) is 0 Å². The number of hydrogen-bond donors (Lipinski definition) is 1. The molecule has 0 fully saturated rings. The Balaban J connectivity index is 1.51. The first-order valence-electron chi connectivity index (χ1n) is 6.29. The summed E-state index contributed by atoms with van der Waals surface area (Å²) in [6.45, 7) is 1.15. The average Bonchev–Trinajstić information content (AvgIpc) is 2.88. The van der Waals surface area contributed by atoms with Crippen LogP contribution in [-0.2, 0) is 0 Å². The van der Waals surface area contributed by atoms with E-state index >= 15 is 0 Å². The Morgan fingerprint density at radius 2 is 1.90 bits per heavy atom. The lowest BCUT2D eigenvalue weighted by Crippen LogP contribution is -2.11. The minimum absolute atomic E-state index is 0.259. The molecule has 3 nitrogen and oxygen atoms in total. The molecule has 0 unspecified atom stereocenters. The molecule has 0 spiro atoms. The quantitative estimate of drug-likeness (QED) is 0.722. The molecule has 102 valence electrons. The van der Waals surface area contributed by atoms with Crippen molar-refractivity contribution in [2.75, 3.05) is 18.5 Å². The molecule has 1 aromatic heterocycles. The predicted octanol–water partition coefficient (Wildman–Crippen LogP) is 3.93. The summed E-state index contributed by atoms with van der Waals surface area (Å²) in [6.07, 6.45) is 0. The number of ether oxygens (including phenoxy) is 1. The van der Waals surface area contributed by atoms with Crippen LogP contribution < -0.4 is 10.1 Å². The molecule has 1 N–H and O–H groups in total. The zero-order chi connectivity index (χ0) is 13.8. The minimum atomic E-state index is -0.259. The molecule has 5 heteroatoms. The monoisotopic (exact) mass is 288 g/mol. The Morgan fingerprint density at radius 3 is 2.70 bits per heavy atom. The highest BCUT2D eigenvalue weighted by atomic mass is 32.1. The molecule has 0 saturated heterocycles. The molecule has 2 aromatic carbocycles. The van der Waals surface area contributed by atoms with Gasteiger partial charge in [0.1, 0.15) is 18.2 Å². The van der Waals surface area contributed by atoms with Gasteiger partial charge in [-0.25, -0.2) is 9.37 Å². The number of fused-ring (bicyclic) bond motifs is 1. The third-order valence-electron chi connectivity index (χ3n) is 2.75. The van der Waals surface area contributed by atoms with Crippen molar-refractivity contribution in [1.82, 2.24) is 4.98 Å². The van der Waals surface area contributed by atoms with Crippen LogP contribution in [0.3, 0.4) is 0 Å². The van der Waals surface area contributed by atoms with Crippen molar-refractivity contribution in [1.29, 1.82) is 0 Å². The molecule has 0 saturated carbocycles. The van der Waals surface area contributed by atoms with Crippen LogP contribution in [-0.4, -0.2) is 18.1 Å². The summed E-state index contributed by atoms with van der Waals surface area (Å²) in [6, 6.07) is 14.0. The fraction of sp³-hybridized carbons (Fsp3) is 0.133. The standard InChI is InChI=1S/C15H13FN2OS/c16-11-5-7-12(8-6-11)19-10-9-17-15-18-13-3-1-2-4-14(13)20-15/h1-8H,9-10H2,(H,17,18). The second kappa shape index (κ2) is 5.88. The van der Waals surface area contributed by atoms with Crippen LogP contribution in [0.5, 0.6) is 5.75 Å². The van der Waals surface area contributed by atoms with Gasteiger partial charge in [0.15, 0.2) is 5.13 Å². The second-order valence-electron chi connectivity index (χ2n) is 4.22. The Kier molecular flexibility index (Phi) is 3.78. The number of benzene rings is 2. The van der Waals surface area contributed by atoms with Crippen molar-refractivity contribution >= 4 is 26.7 Å². The summed E-state index contributed by atoms with van der Waals surface area (Å²) in [5.41, 5.74) is 0.999. The fourth-order valence-corrected chi connectivity index (χ4v) is 2.70. The van der Waals surface area contributed by atoms with E-state index in [0.29, 0.717) is 18.9 Å². The van der Waals surface area contributed by atoms with Crippen LogP contribution in [0.15, 0.2) is 48.5 Å². The van der Waals surface area contributed by atoms with Gasteiger partial charge >= 0.3 is 0 Å². The summed E-state index contributed by atoms with van der Waals surface area (Å²) in [4.78, 5) is 4.47. The number of rotatable bonds is 5. The fourth-order valence-electron chi connectivity index (χ4n) is 1.81. The lowest BCUT2D eigenvalue weighted by Gasteiger charge is -2.06. The summed E-state index contributed by atoms with van der Waals surface area (Å²) in [7, 11) is 0. The first-order chi connectivity index (χ1) is 9.81. The zero-order valence-electron chi connectivity index (χ0n) is 10.7. The van der Waals surface area contributed by atoms with E-state index in [0.717, 1.165) is 15.3 Å². The number of para-hydroxylation sites is 1. The molecule has 0 radical (unpaired) electrons. The molecule has 0 atom stereocenters. The van der Waals surface area contributed by atoms with Gasteiger partial charge in [-0.05, 0) is 36.4 Å².